The van der Waals surface area contributed by atoms with Gasteiger partial charge in [-0.15, -0.1) is 10.3 Å². The van der Waals surface area contributed by atoms with E-state index in [4.69, 9.17) is 13.7 Å². The molecule has 26 heavy (non-hydrogen) atoms. The van der Waals surface area contributed by atoms with Gasteiger partial charge in [-0.25, -0.2) is 9.59 Å². The molecule has 0 radical (unpaired) electrons. The van der Waals surface area contributed by atoms with Gasteiger partial charge in [-0.2, -0.15) is 0 Å². The lowest BCUT2D eigenvalue weighted by molar-refractivity contribution is -0.145. The van der Waals surface area contributed by atoms with Crippen LogP contribution in [0.1, 0.15) is 61.8 Å². The Morgan fingerprint density at radius 3 is 1.92 bits per heavy atom. The molecule has 1 aliphatic heterocycles. The van der Waals surface area contributed by atoms with Crippen molar-refractivity contribution in [1.29, 1.82) is 0 Å². The van der Waals surface area contributed by atoms with Gasteiger partial charge in [-0.05, 0) is 33.3 Å². The van der Waals surface area contributed by atoms with E-state index < -0.39 is 34.0 Å². The van der Waals surface area contributed by atoms with Crippen LogP contribution in [0.3, 0.4) is 0 Å². The molecule has 1 heterocycles. The van der Waals surface area contributed by atoms with Gasteiger partial charge in [0.15, 0.2) is 0 Å². The van der Waals surface area contributed by atoms with E-state index in [1.54, 1.807) is 20.8 Å². The Hall–Kier alpha value is -0.950. The quantitative estimate of drug-likeness (QED) is 0.667. The minimum Gasteiger partial charge on any atom is -0.467 e. The molecule has 0 unspecified atom stereocenters. The maximum atomic E-state index is 12.4. The molecule has 1 rings (SSSR count). The first kappa shape index (κ1) is 25.1. The average Bonchev–Trinajstić information content (AvgIpc) is 2.89. The minimum absolute atomic E-state index is 0.00704. The number of esters is 1. The lowest BCUT2D eigenvalue weighted by Crippen LogP contribution is -2.44. The molecule has 1 fully saturated rings. The molecule has 2 atom stereocenters. The van der Waals surface area contributed by atoms with Crippen molar-refractivity contribution in [1.82, 2.24) is 4.90 Å². The van der Waals surface area contributed by atoms with E-state index in [1.165, 1.54) is 12.0 Å². The number of hydrogen-bond acceptors (Lipinski definition) is 5. The van der Waals surface area contributed by atoms with Crippen LogP contribution in [0.2, 0.25) is 0 Å². The van der Waals surface area contributed by atoms with Crippen molar-refractivity contribution in [3.63, 3.8) is 0 Å². The smallest absolute Gasteiger partial charge is 0.411 e. The highest BCUT2D eigenvalue weighted by atomic mass is 32.3. The number of amides is 1. The molecule has 156 valence electrons. The summed E-state index contributed by atoms with van der Waals surface area (Å²) in [6.07, 6.45) is 3.93. The molecular weight excluding hydrogens is 354 g/mol. The third-order valence-corrected chi connectivity index (χ3v) is 7.92. The molecule has 0 saturated carbocycles. The Morgan fingerprint density at radius 2 is 1.54 bits per heavy atom. The first-order valence-electron chi connectivity index (χ1n) is 9.16. The summed E-state index contributed by atoms with van der Waals surface area (Å²) in [5.74, 6) is -0.435. The Kier molecular flexibility index (Phi) is 8.97. The number of rotatable bonds is 3. The molecule has 7 heteroatoms. The molecule has 1 aliphatic rings. The lowest BCUT2D eigenvalue weighted by atomic mass is 10.2. The first-order valence-corrected chi connectivity index (χ1v) is 11.5. The van der Waals surface area contributed by atoms with Crippen molar-refractivity contribution < 1.29 is 23.2 Å². The molecule has 1 saturated heterocycles. The molecule has 0 aromatic rings. The van der Waals surface area contributed by atoms with Crippen molar-refractivity contribution >= 4 is 22.4 Å². The normalized spacial score (nSPS) is 21.6. The van der Waals surface area contributed by atoms with E-state index in [1.807, 2.05) is 13.8 Å². The highest BCUT2D eigenvalue weighted by molar-refractivity contribution is 8.29. The van der Waals surface area contributed by atoms with Crippen molar-refractivity contribution in [2.75, 3.05) is 26.2 Å². The fourth-order valence-electron chi connectivity index (χ4n) is 2.23. The van der Waals surface area contributed by atoms with Gasteiger partial charge in [0.05, 0.1) is 19.8 Å². The van der Waals surface area contributed by atoms with Crippen molar-refractivity contribution in [3.05, 3.63) is 0 Å². The molecule has 0 aromatic heterocycles. The summed E-state index contributed by atoms with van der Waals surface area (Å²) in [6.45, 7) is 16.2. The molecule has 0 N–H and O–H groups in total. The SMILES string of the molecule is CC.COC(=O)[C@@H]1C[C@H](OS(C)(C)C(C)(C)C)CN1C(=O)OC(C)(C)C. The molecule has 1 amide bonds. The fraction of sp³-hybridized carbons (Fsp3) is 0.895. The summed E-state index contributed by atoms with van der Waals surface area (Å²) < 4.78 is 16.6. The Labute approximate surface area is 161 Å². The van der Waals surface area contributed by atoms with Gasteiger partial charge in [0.2, 0.25) is 0 Å². The van der Waals surface area contributed by atoms with Crippen molar-refractivity contribution in [2.45, 2.75) is 84.3 Å². The first-order chi connectivity index (χ1) is 11.7. The summed E-state index contributed by atoms with van der Waals surface area (Å²) in [7, 11) is -0.0246. The highest BCUT2D eigenvalue weighted by Gasteiger charge is 2.45. The Bertz CT molecular complexity index is 479. The van der Waals surface area contributed by atoms with Crippen LogP contribution in [0.25, 0.3) is 0 Å². The van der Waals surface area contributed by atoms with Gasteiger partial charge in [0.1, 0.15) is 11.6 Å². The summed E-state index contributed by atoms with van der Waals surface area (Å²) in [5, 5.41) is 0. The summed E-state index contributed by atoms with van der Waals surface area (Å²) >= 11 is 0. The van der Waals surface area contributed by atoms with E-state index in [9.17, 15) is 9.59 Å². The highest BCUT2D eigenvalue weighted by Crippen LogP contribution is 2.55. The third kappa shape index (κ3) is 6.99. The zero-order chi connectivity index (χ0) is 20.9. The zero-order valence-corrected chi connectivity index (χ0v) is 19.3. The van der Waals surface area contributed by atoms with E-state index in [0.717, 1.165) is 0 Å². The number of carbonyl (C=O) groups is 2. The average molecular weight is 394 g/mol. The van der Waals surface area contributed by atoms with E-state index in [0.29, 0.717) is 13.0 Å². The van der Waals surface area contributed by atoms with Crippen molar-refractivity contribution in [3.8, 4) is 0 Å². The largest absolute Gasteiger partial charge is 0.467 e. The number of methoxy groups -OCH3 is 1. The summed E-state index contributed by atoms with van der Waals surface area (Å²) in [5.41, 5.74) is -0.618. The van der Waals surface area contributed by atoms with E-state index >= 15 is 0 Å². The molecule has 0 aromatic carbocycles. The predicted molar refractivity (Wildman–Crippen MR) is 109 cm³/mol. The van der Waals surface area contributed by atoms with Gasteiger partial charge < -0.3 is 13.7 Å². The second kappa shape index (κ2) is 9.31. The Balaban J connectivity index is 0.00000301. The molecule has 0 bridgehead atoms. The predicted octanol–water partition coefficient (Wildman–Crippen LogP) is 4.36. The van der Waals surface area contributed by atoms with Crippen LogP contribution in [-0.2, 0) is 18.5 Å². The second-order valence-corrected chi connectivity index (χ2v) is 12.4. The van der Waals surface area contributed by atoms with E-state index in [-0.39, 0.29) is 10.9 Å². The van der Waals surface area contributed by atoms with Crippen LogP contribution >= 0.6 is 10.3 Å². The van der Waals surface area contributed by atoms with E-state index in [2.05, 4.69) is 33.3 Å². The number of hydrogen-bond donors (Lipinski definition) is 0. The maximum Gasteiger partial charge on any atom is 0.411 e. The zero-order valence-electron chi connectivity index (χ0n) is 18.5. The summed E-state index contributed by atoms with van der Waals surface area (Å²) in [4.78, 5) is 26.0. The van der Waals surface area contributed by atoms with Gasteiger partial charge in [0.25, 0.3) is 0 Å². The van der Waals surface area contributed by atoms with Gasteiger partial charge in [-0.3, -0.25) is 4.90 Å². The topological polar surface area (TPSA) is 65.1 Å². The number of carbonyl (C=O) groups excluding carboxylic acids is 2. The summed E-state index contributed by atoms with van der Waals surface area (Å²) in [6, 6.07) is -0.662. The number of ether oxygens (including phenoxy) is 2. The molecular formula is C19H39NO5S. The minimum atomic E-state index is -1.35. The van der Waals surface area contributed by atoms with Crippen LogP contribution < -0.4 is 0 Å². The van der Waals surface area contributed by atoms with Gasteiger partial charge in [0, 0.05) is 11.2 Å². The van der Waals surface area contributed by atoms with Crippen LogP contribution in [0.15, 0.2) is 0 Å². The number of likely N-dealkylation sites (tertiary alicyclic amines) is 1. The number of nitrogens with zero attached hydrogens (tertiary/aromatic N) is 1. The van der Waals surface area contributed by atoms with Crippen LogP contribution in [0.4, 0.5) is 4.79 Å². The lowest BCUT2D eigenvalue weighted by Gasteiger charge is -2.45. The standard InChI is InChI=1S/C17H33NO5S.C2H6/c1-16(2,3)22-15(20)18-11-12(10-13(18)14(19)21-7)23-24(8,9)17(4,5)6;1-2/h12-13H,10-11H2,1-9H3;1-2H3/t12-,13-;/m0./s1. The molecule has 0 spiro atoms. The van der Waals surface area contributed by atoms with Gasteiger partial charge >= 0.3 is 12.1 Å². The monoisotopic (exact) mass is 393 g/mol. The van der Waals surface area contributed by atoms with Crippen LogP contribution in [-0.4, -0.2) is 65.6 Å². The third-order valence-electron chi connectivity index (χ3n) is 4.22. The molecule has 6 nitrogen and oxygen atoms in total. The molecule has 0 aliphatic carbocycles. The van der Waals surface area contributed by atoms with Crippen LogP contribution in [0, 0.1) is 0 Å². The Morgan fingerprint density at radius 1 is 1.04 bits per heavy atom. The van der Waals surface area contributed by atoms with Gasteiger partial charge in [-0.1, -0.05) is 34.6 Å². The van der Waals surface area contributed by atoms with Crippen LogP contribution in [0.5, 0.6) is 0 Å². The second-order valence-electron chi connectivity index (χ2n) is 8.47. The fourth-order valence-corrected chi connectivity index (χ4v) is 3.34. The van der Waals surface area contributed by atoms with Crippen molar-refractivity contribution in [2.24, 2.45) is 0 Å². The maximum absolute atomic E-state index is 12.4.